The van der Waals surface area contributed by atoms with E-state index in [0.717, 1.165) is 17.1 Å². The average molecular weight is 354 g/mol. The van der Waals surface area contributed by atoms with Gasteiger partial charge in [0.15, 0.2) is 21.3 Å². The van der Waals surface area contributed by atoms with Crippen LogP contribution in [0.1, 0.15) is 12.0 Å². The molecule has 0 saturated carbocycles. The second-order valence-electron chi connectivity index (χ2n) is 6.13. The third-order valence-corrected chi connectivity index (χ3v) is 6.12. The van der Waals surface area contributed by atoms with Crippen LogP contribution in [0.25, 0.3) is 0 Å². The van der Waals surface area contributed by atoms with Crippen LogP contribution in [0.3, 0.4) is 0 Å². The maximum Gasteiger partial charge on any atom is 0.317 e. The molecule has 0 bridgehead atoms. The van der Waals surface area contributed by atoms with Crippen LogP contribution in [0.5, 0.6) is 11.5 Å². The zero-order chi connectivity index (χ0) is 17.2. The minimum Gasteiger partial charge on any atom is -0.486 e. The van der Waals surface area contributed by atoms with Crippen molar-refractivity contribution in [2.24, 2.45) is 0 Å². The number of amides is 2. The minimum atomic E-state index is -2.99. The Hall–Kier alpha value is -1.96. The van der Waals surface area contributed by atoms with E-state index in [2.05, 4.69) is 5.32 Å². The predicted octanol–water partition coefficient (Wildman–Crippen LogP) is 0.829. The molecule has 2 amide bonds. The highest BCUT2D eigenvalue weighted by Gasteiger charge is 2.32. The number of sulfone groups is 1. The standard InChI is InChI=1S/C16H22N2O5S/c1-18(13-5-9-24(20,21)11-13)16(19)17-6-4-12-2-3-14-15(10-12)23-8-7-22-14/h2-3,10,13H,4-9,11H2,1H3,(H,17,19). The third kappa shape index (κ3) is 3.92. The molecule has 1 aromatic carbocycles. The van der Waals surface area contributed by atoms with E-state index in [0.29, 0.717) is 32.6 Å². The SMILES string of the molecule is CN(C(=O)NCCc1ccc2c(c1)OCCO2)C1CCS(=O)(=O)C1. The summed E-state index contributed by atoms with van der Waals surface area (Å²) in [4.78, 5) is 13.6. The molecule has 1 aromatic rings. The van der Waals surface area contributed by atoms with Crippen LogP contribution in [-0.4, -0.2) is 63.7 Å². The van der Waals surface area contributed by atoms with Crippen molar-refractivity contribution in [3.05, 3.63) is 23.8 Å². The fourth-order valence-electron chi connectivity index (χ4n) is 2.93. The molecular formula is C16H22N2O5S. The number of nitrogens with zero attached hydrogens (tertiary/aromatic N) is 1. The number of nitrogens with one attached hydrogen (secondary N) is 1. The van der Waals surface area contributed by atoms with Crippen molar-refractivity contribution in [3.8, 4) is 11.5 Å². The minimum absolute atomic E-state index is 0.0546. The van der Waals surface area contributed by atoms with Crippen LogP contribution in [0.15, 0.2) is 18.2 Å². The first-order valence-corrected chi connectivity index (χ1v) is 9.86. The van der Waals surface area contributed by atoms with Gasteiger partial charge in [-0.25, -0.2) is 13.2 Å². The van der Waals surface area contributed by atoms with Crippen molar-refractivity contribution in [3.63, 3.8) is 0 Å². The summed E-state index contributed by atoms with van der Waals surface area (Å²) in [5.74, 6) is 1.69. The summed E-state index contributed by atoms with van der Waals surface area (Å²) in [6.07, 6.45) is 1.17. The van der Waals surface area contributed by atoms with E-state index in [1.807, 2.05) is 18.2 Å². The van der Waals surface area contributed by atoms with Crippen molar-refractivity contribution >= 4 is 15.9 Å². The summed E-state index contributed by atoms with van der Waals surface area (Å²) in [6, 6.07) is 5.28. The lowest BCUT2D eigenvalue weighted by atomic mass is 10.1. The van der Waals surface area contributed by atoms with E-state index in [1.165, 1.54) is 4.90 Å². The highest BCUT2D eigenvalue weighted by atomic mass is 32.2. The van der Waals surface area contributed by atoms with E-state index in [9.17, 15) is 13.2 Å². The number of carbonyl (C=O) groups is 1. The Morgan fingerprint density at radius 1 is 1.29 bits per heavy atom. The van der Waals surface area contributed by atoms with Crippen LogP contribution in [0.2, 0.25) is 0 Å². The monoisotopic (exact) mass is 354 g/mol. The molecule has 0 aromatic heterocycles. The van der Waals surface area contributed by atoms with Crippen LogP contribution in [0, 0.1) is 0 Å². The molecule has 1 fully saturated rings. The topological polar surface area (TPSA) is 84.9 Å². The molecule has 2 aliphatic heterocycles. The number of urea groups is 1. The number of hydrogen-bond donors (Lipinski definition) is 1. The Morgan fingerprint density at radius 2 is 2.04 bits per heavy atom. The van der Waals surface area contributed by atoms with E-state index in [4.69, 9.17) is 9.47 Å². The van der Waals surface area contributed by atoms with Crippen molar-refractivity contribution in [1.82, 2.24) is 10.2 Å². The summed E-state index contributed by atoms with van der Waals surface area (Å²) in [6.45, 7) is 1.58. The van der Waals surface area contributed by atoms with Gasteiger partial charge in [-0.2, -0.15) is 0 Å². The zero-order valence-corrected chi connectivity index (χ0v) is 14.5. The van der Waals surface area contributed by atoms with E-state index >= 15 is 0 Å². The molecule has 2 heterocycles. The number of ether oxygens (including phenoxy) is 2. The molecule has 0 aliphatic carbocycles. The van der Waals surface area contributed by atoms with Gasteiger partial charge in [0.25, 0.3) is 0 Å². The molecule has 3 rings (SSSR count). The van der Waals surface area contributed by atoms with Gasteiger partial charge < -0.3 is 19.7 Å². The molecule has 0 radical (unpaired) electrons. The fraction of sp³-hybridized carbons (Fsp3) is 0.562. The Balaban J connectivity index is 1.48. The number of hydrogen-bond acceptors (Lipinski definition) is 5. The molecule has 7 nitrogen and oxygen atoms in total. The first-order chi connectivity index (χ1) is 11.4. The first kappa shape index (κ1) is 16.9. The number of carbonyl (C=O) groups excluding carboxylic acids is 1. The molecule has 1 atom stereocenters. The van der Waals surface area contributed by atoms with Crippen molar-refractivity contribution in [2.45, 2.75) is 18.9 Å². The number of rotatable bonds is 4. The summed E-state index contributed by atoms with van der Waals surface area (Å²) < 4.78 is 34.0. The third-order valence-electron chi connectivity index (χ3n) is 4.37. The Morgan fingerprint density at radius 3 is 2.75 bits per heavy atom. The second-order valence-corrected chi connectivity index (χ2v) is 8.36. The molecule has 1 unspecified atom stereocenters. The van der Waals surface area contributed by atoms with Gasteiger partial charge in [0.05, 0.1) is 11.5 Å². The molecule has 1 N–H and O–H groups in total. The zero-order valence-electron chi connectivity index (χ0n) is 13.7. The second kappa shape index (κ2) is 6.88. The molecule has 2 aliphatic rings. The van der Waals surface area contributed by atoms with Gasteiger partial charge >= 0.3 is 6.03 Å². The smallest absolute Gasteiger partial charge is 0.317 e. The summed E-state index contributed by atoms with van der Waals surface area (Å²) >= 11 is 0. The molecular weight excluding hydrogens is 332 g/mol. The maximum atomic E-state index is 12.1. The van der Waals surface area contributed by atoms with Crippen molar-refractivity contribution in [1.29, 1.82) is 0 Å². The number of fused-ring (bicyclic) bond motifs is 1. The van der Waals surface area contributed by atoms with Crippen LogP contribution < -0.4 is 14.8 Å². The van der Waals surface area contributed by atoms with Gasteiger partial charge in [0.1, 0.15) is 13.2 Å². The van der Waals surface area contributed by atoms with Gasteiger partial charge in [0.2, 0.25) is 0 Å². The summed E-state index contributed by atoms with van der Waals surface area (Å²) in [5.41, 5.74) is 1.05. The number of benzene rings is 1. The summed E-state index contributed by atoms with van der Waals surface area (Å²) in [5, 5.41) is 2.84. The quantitative estimate of drug-likeness (QED) is 0.866. The fourth-order valence-corrected chi connectivity index (χ4v) is 4.70. The van der Waals surface area contributed by atoms with E-state index < -0.39 is 9.84 Å². The van der Waals surface area contributed by atoms with E-state index in [1.54, 1.807) is 7.05 Å². The lowest BCUT2D eigenvalue weighted by Gasteiger charge is -2.23. The van der Waals surface area contributed by atoms with Gasteiger partial charge in [-0.05, 0) is 30.5 Å². The Bertz CT molecular complexity index is 719. The lowest BCUT2D eigenvalue weighted by Crippen LogP contribution is -2.44. The van der Waals surface area contributed by atoms with Gasteiger partial charge in [-0.15, -0.1) is 0 Å². The van der Waals surface area contributed by atoms with Gasteiger partial charge in [0, 0.05) is 19.6 Å². The molecule has 0 spiro atoms. The molecule has 132 valence electrons. The van der Waals surface area contributed by atoms with Crippen molar-refractivity contribution < 1.29 is 22.7 Å². The van der Waals surface area contributed by atoms with Crippen LogP contribution >= 0.6 is 0 Å². The average Bonchev–Trinajstić information content (AvgIpc) is 2.94. The Labute approximate surface area is 141 Å². The van der Waals surface area contributed by atoms with E-state index in [-0.39, 0.29) is 23.6 Å². The van der Waals surface area contributed by atoms with Gasteiger partial charge in [-0.1, -0.05) is 6.07 Å². The first-order valence-electron chi connectivity index (χ1n) is 8.04. The largest absolute Gasteiger partial charge is 0.486 e. The predicted molar refractivity (Wildman–Crippen MR) is 89.4 cm³/mol. The summed E-state index contributed by atoms with van der Waals surface area (Å²) in [7, 11) is -1.35. The highest BCUT2D eigenvalue weighted by molar-refractivity contribution is 7.91. The van der Waals surface area contributed by atoms with Gasteiger partial charge in [-0.3, -0.25) is 0 Å². The normalized spacial score (nSPS) is 21.3. The molecule has 1 saturated heterocycles. The van der Waals surface area contributed by atoms with Crippen molar-refractivity contribution in [2.75, 3.05) is 38.3 Å². The highest BCUT2D eigenvalue weighted by Crippen LogP contribution is 2.30. The molecule has 24 heavy (non-hydrogen) atoms. The molecule has 8 heteroatoms. The van der Waals surface area contributed by atoms with Crippen LogP contribution in [-0.2, 0) is 16.3 Å². The van der Waals surface area contributed by atoms with Crippen LogP contribution in [0.4, 0.5) is 4.79 Å². The Kier molecular flexibility index (Phi) is 4.84. The maximum absolute atomic E-state index is 12.1. The lowest BCUT2D eigenvalue weighted by molar-refractivity contribution is 0.171.